The van der Waals surface area contributed by atoms with Crippen LogP contribution in [0, 0.1) is 5.92 Å². The molecule has 0 unspecified atom stereocenters. The number of carbonyl (C=O) groups is 1. The summed E-state index contributed by atoms with van der Waals surface area (Å²) in [4.78, 5) is 28.9. The van der Waals surface area contributed by atoms with Gasteiger partial charge in [-0.3, -0.25) is 9.78 Å². The lowest BCUT2D eigenvalue weighted by Gasteiger charge is -2.36. The fourth-order valence-corrected chi connectivity index (χ4v) is 4.65. The molecule has 2 aliphatic rings. The Morgan fingerprint density at radius 1 is 1.20 bits per heavy atom. The van der Waals surface area contributed by atoms with Crippen LogP contribution in [0.5, 0.6) is 0 Å². The second kappa shape index (κ2) is 9.51. The highest BCUT2D eigenvalue weighted by molar-refractivity contribution is 5.79. The van der Waals surface area contributed by atoms with E-state index in [-0.39, 0.29) is 11.8 Å². The molecule has 1 N–H and O–H groups in total. The van der Waals surface area contributed by atoms with Crippen LogP contribution >= 0.6 is 0 Å². The minimum absolute atomic E-state index is 0.138. The Hall–Kier alpha value is -2.54. The molecule has 7 heteroatoms. The highest BCUT2D eigenvalue weighted by atomic mass is 16.5. The second-order valence-corrected chi connectivity index (χ2v) is 8.33. The van der Waals surface area contributed by atoms with Crippen molar-refractivity contribution in [3.63, 3.8) is 0 Å². The lowest BCUT2D eigenvalue weighted by Crippen LogP contribution is -2.43. The quantitative estimate of drug-likeness (QED) is 0.814. The Morgan fingerprint density at radius 3 is 2.73 bits per heavy atom. The van der Waals surface area contributed by atoms with Gasteiger partial charge in [0, 0.05) is 63.1 Å². The molecule has 1 saturated heterocycles. The predicted octanol–water partition coefficient (Wildman–Crippen LogP) is 3.49. The molecule has 4 rings (SSSR count). The smallest absolute Gasteiger partial charge is 0.225 e. The minimum Gasteiger partial charge on any atom is -0.381 e. The Balaban J connectivity index is 1.50. The first-order valence-electron chi connectivity index (χ1n) is 11.0. The molecule has 1 amide bonds. The average Bonchev–Trinajstić information content (AvgIpc) is 2.84. The van der Waals surface area contributed by atoms with E-state index in [1.165, 1.54) is 0 Å². The molecule has 3 heterocycles. The molecule has 2 aromatic rings. The van der Waals surface area contributed by atoms with Crippen molar-refractivity contribution < 1.29 is 9.53 Å². The Labute approximate surface area is 178 Å². The monoisotopic (exact) mass is 409 g/mol. The van der Waals surface area contributed by atoms with Crippen molar-refractivity contribution >= 4 is 11.7 Å². The van der Waals surface area contributed by atoms with Gasteiger partial charge in [0.05, 0.1) is 11.8 Å². The number of ether oxygens (including phenoxy) is 1. The zero-order valence-corrected chi connectivity index (χ0v) is 17.9. The number of rotatable bonds is 5. The molecule has 160 valence electrons. The van der Waals surface area contributed by atoms with Crippen LogP contribution in [0.25, 0.3) is 11.4 Å². The summed E-state index contributed by atoms with van der Waals surface area (Å²) in [6.07, 6.45) is 9.71. The van der Waals surface area contributed by atoms with Gasteiger partial charge in [0.1, 0.15) is 5.82 Å². The maximum atomic E-state index is 13.2. The van der Waals surface area contributed by atoms with Gasteiger partial charge in [0.2, 0.25) is 5.91 Å². The van der Waals surface area contributed by atoms with Gasteiger partial charge in [0.15, 0.2) is 5.82 Å². The number of hydrogen-bond donors (Lipinski definition) is 1. The van der Waals surface area contributed by atoms with E-state index in [2.05, 4.69) is 20.2 Å². The van der Waals surface area contributed by atoms with Gasteiger partial charge in [-0.25, -0.2) is 9.97 Å². The Bertz CT molecular complexity index is 852. The lowest BCUT2D eigenvalue weighted by atomic mass is 9.85. The number of anilines is 1. The van der Waals surface area contributed by atoms with E-state index in [1.807, 2.05) is 25.2 Å². The van der Waals surface area contributed by atoms with Gasteiger partial charge >= 0.3 is 0 Å². The lowest BCUT2D eigenvalue weighted by molar-refractivity contribution is -0.138. The maximum Gasteiger partial charge on any atom is 0.225 e. The number of hydrogen-bond acceptors (Lipinski definition) is 6. The number of likely N-dealkylation sites (tertiary alicyclic amines) is 1. The van der Waals surface area contributed by atoms with Crippen molar-refractivity contribution in [3.8, 4) is 11.4 Å². The van der Waals surface area contributed by atoms with E-state index in [0.29, 0.717) is 17.8 Å². The first-order valence-corrected chi connectivity index (χ1v) is 11.0. The third-order valence-corrected chi connectivity index (χ3v) is 6.43. The van der Waals surface area contributed by atoms with E-state index in [1.54, 1.807) is 19.5 Å². The van der Waals surface area contributed by atoms with Gasteiger partial charge < -0.3 is 15.0 Å². The fourth-order valence-electron chi connectivity index (χ4n) is 4.65. The molecule has 1 aliphatic carbocycles. The highest BCUT2D eigenvalue weighted by Crippen LogP contribution is 2.32. The zero-order valence-electron chi connectivity index (χ0n) is 17.9. The SMILES string of the molecule is CNc1cc([C@H]2CCCN(C(=O)C3CCC(OC)CC3)C2)nc(-c2cccnc2)n1. The van der Waals surface area contributed by atoms with E-state index in [9.17, 15) is 4.79 Å². The molecule has 1 aliphatic heterocycles. The first-order chi connectivity index (χ1) is 14.7. The van der Waals surface area contributed by atoms with E-state index in [4.69, 9.17) is 9.72 Å². The molecule has 1 saturated carbocycles. The zero-order chi connectivity index (χ0) is 20.9. The van der Waals surface area contributed by atoms with E-state index >= 15 is 0 Å². The van der Waals surface area contributed by atoms with Crippen molar-refractivity contribution in [2.45, 2.75) is 50.5 Å². The van der Waals surface area contributed by atoms with Crippen LogP contribution in [0.3, 0.4) is 0 Å². The number of amides is 1. The molecule has 0 aromatic carbocycles. The maximum absolute atomic E-state index is 13.2. The van der Waals surface area contributed by atoms with E-state index < -0.39 is 0 Å². The number of carbonyl (C=O) groups excluding carboxylic acids is 1. The topological polar surface area (TPSA) is 80.2 Å². The third-order valence-electron chi connectivity index (χ3n) is 6.43. The summed E-state index contributed by atoms with van der Waals surface area (Å²) in [7, 11) is 3.63. The van der Waals surface area contributed by atoms with Crippen molar-refractivity contribution in [1.29, 1.82) is 0 Å². The molecule has 2 aromatic heterocycles. The van der Waals surface area contributed by atoms with Crippen LogP contribution in [0.2, 0.25) is 0 Å². The summed E-state index contributed by atoms with van der Waals surface area (Å²) in [6.45, 7) is 1.58. The summed E-state index contributed by atoms with van der Waals surface area (Å²) >= 11 is 0. The molecule has 30 heavy (non-hydrogen) atoms. The van der Waals surface area contributed by atoms with Crippen LogP contribution in [0.4, 0.5) is 5.82 Å². The van der Waals surface area contributed by atoms with Crippen LogP contribution in [0.1, 0.15) is 50.1 Å². The molecule has 2 fully saturated rings. The van der Waals surface area contributed by atoms with Gasteiger partial charge in [-0.1, -0.05) is 0 Å². The number of piperidine rings is 1. The van der Waals surface area contributed by atoms with Crippen LogP contribution in [-0.4, -0.2) is 59.1 Å². The molecular formula is C23H31N5O2. The number of nitrogens with zero attached hydrogens (tertiary/aromatic N) is 4. The van der Waals surface area contributed by atoms with Crippen molar-refractivity contribution in [2.75, 3.05) is 32.6 Å². The molecule has 7 nitrogen and oxygen atoms in total. The van der Waals surface area contributed by atoms with Crippen LogP contribution in [0.15, 0.2) is 30.6 Å². The van der Waals surface area contributed by atoms with Gasteiger partial charge in [-0.15, -0.1) is 0 Å². The van der Waals surface area contributed by atoms with Crippen LogP contribution < -0.4 is 5.32 Å². The van der Waals surface area contributed by atoms with Crippen LogP contribution in [-0.2, 0) is 9.53 Å². The molecular weight excluding hydrogens is 378 g/mol. The Kier molecular flexibility index (Phi) is 6.57. The number of methoxy groups -OCH3 is 1. The summed E-state index contributed by atoms with van der Waals surface area (Å²) in [5.74, 6) is 2.14. The average molecular weight is 410 g/mol. The number of pyridine rings is 1. The summed E-state index contributed by atoms with van der Waals surface area (Å²) in [5.41, 5.74) is 1.89. The first kappa shape index (κ1) is 20.7. The minimum atomic E-state index is 0.138. The molecule has 0 bridgehead atoms. The molecule has 1 atom stereocenters. The third kappa shape index (κ3) is 4.61. The number of aromatic nitrogens is 3. The normalized spacial score (nSPS) is 24.5. The molecule has 0 radical (unpaired) electrons. The fraction of sp³-hybridized carbons (Fsp3) is 0.565. The largest absolute Gasteiger partial charge is 0.381 e. The number of nitrogens with one attached hydrogen (secondary N) is 1. The standard InChI is InChI=1S/C23H31N5O2/c1-24-21-13-20(26-22(27-21)17-5-3-11-25-14-17)18-6-4-12-28(15-18)23(29)16-7-9-19(30-2)10-8-16/h3,5,11,13-14,16,18-19H,4,6-10,12,15H2,1-2H3,(H,24,26,27)/t16?,18-,19?/m0/s1. The van der Waals surface area contributed by atoms with Gasteiger partial charge in [-0.2, -0.15) is 0 Å². The summed E-state index contributed by atoms with van der Waals surface area (Å²) < 4.78 is 5.46. The van der Waals surface area contributed by atoms with Crippen molar-refractivity contribution in [3.05, 3.63) is 36.3 Å². The molecule has 0 spiro atoms. The highest BCUT2D eigenvalue weighted by Gasteiger charge is 2.33. The Morgan fingerprint density at radius 2 is 2.03 bits per heavy atom. The second-order valence-electron chi connectivity index (χ2n) is 8.33. The summed E-state index contributed by atoms with van der Waals surface area (Å²) in [6, 6.07) is 5.88. The van der Waals surface area contributed by atoms with Gasteiger partial charge in [0.25, 0.3) is 0 Å². The predicted molar refractivity (Wildman–Crippen MR) is 116 cm³/mol. The van der Waals surface area contributed by atoms with Gasteiger partial charge in [-0.05, 0) is 50.7 Å². The van der Waals surface area contributed by atoms with Crippen molar-refractivity contribution in [2.24, 2.45) is 5.92 Å². The van der Waals surface area contributed by atoms with E-state index in [0.717, 1.165) is 68.7 Å². The van der Waals surface area contributed by atoms with Crippen molar-refractivity contribution in [1.82, 2.24) is 19.9 Å². The summed E-state index contributed by atoms with van der Waals surface area (Å²) in [5, 5.41) is 3.15.